The van der Waals surface area contributed by atoms with Gasteiger partial charge in [-0.25, -0.2) is 9.97 Å². The van der Waals surface area contributed by atoms with Crippen molar-refractivity contribution in [1.29, 1.82) is 0 Å². The highest BCUT2D eigenvalue weighted by Crippen LogP contribution is 2.20. The standard InChI is InChI=1S/C12H15N5OS/c18-9-10-7-15-11(8-14-10)16-2-4-17(5-3-16)12-13-1-6-19-12/h1,6-8,18H,2-5,9H2. The van der Waals surface area contributed by atoms with E-state index in [1.807, 2.05) is 11.6 Å². The number of aromatic nitrogens is 3. The van der Waals surface area contributed by atoms with E-state index in [1.54, 1.807) is 23.7 Å². The highest BCUT2D eigenvalue weighted by molar-refractivity contribution is 7.13. The van der Waals surface area contributed by atoms with Crippen LogP contribution in [0.5, 0.6) is 0 Å². The molecule has 0 aliphatic carbocycles. The van der Waals surface area contributed by atoms with Gasteiger partial charge < -0.3 is 14.9 Å². The molecule has 1 fully saturated rings. The Labute approximate surface area is 115 Å². The molecule has 0 amide bonds. The summed E-state index contributed by atoms with van der Waals surface area (Å²) in [6, 6.07) is 0. The fraction of sp³-hybridized carbons (Fsp3) is 0.417. The molecule has 0 bridgehead atoms. The Kier molecular flexibility index (Phi) is 3.56. The van der Waals surface area contributed by atoms with E-state index in [9.17, 15) is 0 Å². The Morgan fingerprint density at radius 2 is 1.84 bits per heavy atom. The second-order valence-electron chi connectivity index (χ2n) is 4.31. The van der Waals surface area contributed by atoms with Crippen molar-refractivity contribution in [2.45, 2.75) is 6.61 Å². The van der Waals surface area contributed by atoms with Gasteiger partial charge in [0.2, 0.25) is 0 Å². The van der Waals surface area contributed by atoms with Gasteiger partial charge in [-0.2, -0.15) is 0 Å². The molecule has 3 heterocycles. The SMILES string of the molecule is OCc1cnc(N2CCN(c3nccs3)CC2)cn1. The van der Waals surface area contributed by atoms with Gasteiger partial charge in [-0.1, -0.05) is 0 Å². The lowest BCUT2D eigenvalue weighted by atomic mass is 10.3. The summed E-state index contributed by atoms with van der Waals surface area (Å²) in [7, 11) is 0. The summed E-state index contributed by atoms with van der Waals surface area (Å²) >= 11 is 1.67. The minimum Gasteiger partial charge on any atom is -0.390 e. The van der Waals surface area contributed by atoms with E-state index < -0.39 is 0 Å². The molecule has 0 atom stereocenters. The van der Waals surface area contributed by atoms with Crippen molar-refractivity contribution in [2.75, 3.05) is 36.0 Å². The number of nitrogens with zero attached hydrogens (tertiary/aromatic N) is 5. The zero-order chi connectivity index (χ0) is 13.1. The minimum absolute atomic E-state index is 0.0644. The lowest BCUT2D eigenvalue weighted by molar-refractivity contribution is 0.276. The van der Waals surface area contributed by atoms with E-state index in [2.05, 4.69) is 24.8 Å². The van der Waals surface area contributed by atoms with Crippen LogP contribution >= 0.6 is 11.3 Å². The number of aliphatic hydroxyl groups excluding tert-OH is 1. The predicted molar refractivity (Wildman–Crippen MR) is 74.5 cm³/mol. The molecule has 1 N–H and O–H groups in total. The highest BCUT2D eigenvalue weighted by atomic mass is 32.1. The first-order valence-corrected chi connectivity index (χ1v) is 7.06. The predicted octanol–water partition coefficient (Wildman–Crippen LogP) is 0.752. The van der Waals surface area contributed by atoms with Crippen LogP contribution in [0, 0.1) is 0 Å². The highest BCUT2D eigenvalue weighted by Gasteiger charge is 2.19. The topological polar surface area (TPSA) is 65.4 Å². The first kappa shape index (κ1) is 12.3. The van der Waals surface area contributed by atoms with E-state index in [-0.39, 0.29) is 6.61 Å². The number of piperazine rings is 1. The van der Waals surface area contributed by atoms with Gasteiger partial charge in [0.15, 0.2) is 5.13 Å². The zero-order valence-electron chi connectivity index (χ0n) is 10.4. The van der Waals surface area contributed by atoms with Crippen LogP contribution in [-0.2, 0) is 6.61 Å². The monoisotopic (exact) mass is 277 g/mol. The van der Waals surface area contributed by atoms with E-state index >= 15 is 0 Å². The Balaban J connectivity index is 1.63. The van der Waals surface area contributed by atoms with Gasteiger partial charge in [0, 0.05) is 37.8 Å². The quantitative estimate of drug-likeness (QED) is 0.893. The van der Waals surface area contributed by atoms with Crippen LogP contribution in [0.15, 0.2) is 24.0 Å². The molecule has 19 heavy (non-hydrogen) atoms. The van der Waals surface area contributed by atoms with Crippen LogP contribution in [0.4, 0.5) is 10.9 Å². The third kappa shape index (κ3) is 2.66. The molecule has 1 aliphatic heterocycles. The van der Waals surface area contributed by atoms with Gasteiger partial charge in [0.25, 0.3) is 0 Å². The van der Waals surface area contributed by atoms with Crippen molar-refractivity contribution in [3.63, 3.8) is 0 Å². The first-order valence-electron chi connectivity index (χ1n) is 6.18. The maximum Gasteiger partial charge on any atom is 0.185 e. The van der Waals surface area contributed by atoms with E-state index in [4.69, 9.17) is 5.11 Å². The number of anilines is 2. The van der Waals surface area contributed by atoms with Crippen LogP contribution in [-0.4, -0.2) is 46.2 Å². The van der Waals surface area contributed by atoms with Crippen LogP contribution in [0.25, 0.3) is 0 Å². The van der Waals surface area contributed by atoms with Gasteiger partial charge in [0.05, 0.1) is 24.7 Å². The smallest absolute Gasteiger partial charge is 0.185 e. The summed E-state index contributed by atoms with van der Waals surface area (Å²) in [5.74, 6) is 0.871. The van der Waals surface area contributed by atoms with Crippen LogP contribution in [0.3, 0.4) is 0 Å². The first-order chi connectivity index (χ1) is 9.36. The third-order valence-electron chi connectivity index (χ3n) is 3.15. The minimum atomic E-state index is -0.0644. The number of aliphatic hydroxyl groups is 1. The molecular formula is C12H15N5OS. The number of thiazole rings is 1. The molecule has 0 spiro atoms. The van der Waals surface area contributed by atoms with Gasteiger partial charge in [-0.3, -0.25) is 4.98 Å². The molecular weight excluding hydrogens is 262 g/mol. The molecule has 1 aliphatic rings. The Bertz CT molecular complexity index is 507. The summed E-state index contributed by atoms with van der Waals surface area (Å²) in [6.45, 7) is 3.64. The summed E-state index contributed by atoms with van der Waals surface area (Å²) in [5, 5.41) is 12.0. The van der Waals surface area contributed by atoms with Crippen molar-refractivity contribution in [1.82, 2.24) is 15.0 Å². The molecule has 3 rings (SSSR count). The van der Waals surface area contributed by atoms with Gasteiger partial charge in [0.1, 0.15) is 5.82 Å². The maximum atomic E-state index is 8.95. The molecule has 0 aromatic carbocycles. The number of rotatable bonds is 3. The summed E-state index contributed by atoms with van der Waals surface area (Å²) in [5.41, 5.74) is 0.602. The van der Waals surface area contributed by atoms with Gasteiger partial charge >= 0.3 is 0 Å². The van der Waals surface area contributed by atoms with Crippen molar-refractivity contribution >= 4 is 22.3 Å². The summed E-state index contributed by atoms with van der Waals surface area (Å²) in [4.78, 5) is 17.3. The third-order valence-corrected chi connectivity index (χ3v) is 3.98. The van der Waals surface area contributed by atoms with E-state index in [0.717, 1.165) is 37.1 Å². The number of hydrogen-bond donors (Lipinski definition) is 1. The largest absolute Gasteiger partial charge is 0.390 e. The fourth-order valence-electron chi connectivity index (χ4n) is 2.09. The molecule has 0 unspecified atom stereocenters. The normalized spacial score (nSPS) is 15.8. The molecule has 2 aromatic heterocycles. The van der Waals surface area contributed by atoms with Gasteiger partial charge in [-0.05, 0) is 0 Å². The number of hydrogen-bond acceptors (Lipinski definition) is 7. The Hall–Kier alpha value is -1.73. The second-order valence-corrected chi connectivity index (χ2v) is 5.19. The lowest BCUT2D eigenvalue weighted by Crippen LogP contribution is -2.46. The van der Waals surface area contributed by atoms with Crippen LogP contribution in [0.1, 0.15) is 5.69 Å². The van der Waals surface area contributed by atoms with Crippen molar-refractivity contribution in [3.05, 3.63) is 29.7 Å². The molecule has 6 nitrogen and oxygen atoms in total. The average Bonchev–Trinajstić information content (AvgIpc) is 3.02. The molecule has 0 radical (unpaired) electrons. The zero-order valence-corrected chi connectivity index (χ0v) is 11.3. The van der Waals surface area contributed by atoms with E-state index in [0.29, 0.717) is 5.69 Å². The summed E-state index contributed by atoms with van der Waals surface area (Å²) in [6.07, 6.45) is 5.19. The molecule has 1 saturated heterocycles. The average molecular weight is 277 g/mol. The maximum absolute atomic E-state index is 8.95. The molecule has 100 valence electrons. The molecule has 0 saturated carbocycles. The fourth-order valence-corrected chi connectivity index (χ4v) is 2.79. The Morgan fingerprint density at radius 1 is 1.05 bits per heavy atom. The lowest BCUT2D eigenvalue weighted by Gasteiger charge is -2.35. The van der Waals surface area contributed by atoms with Gasteiger partial charge in [-0.15, -0.1) is 11.3 Å². The van der Waals surface area contributed by atoms with Crippen molar-refractivity contribution < 1.29 is 5.11 Å². The van der Waals surface area contributed by atoms with Crippen molar-refractivity contribution in [2.24, 2.45) is 0 Å². The Morgan fingerprint density at radius 3 is 2.42 bits per heavy atom. The molecule has 7 heteroatoms. The van der Waals surface area contributed by atoms with Crippen LogP contribution in [0.2, 0.25) is 0 Å². The molecule has 2 aromatic rings. The second kappa shape index (κ2) is 5.50. The summed E-state index contributed by atoms with van der Waals surface area (Å²) < 4.78 is 0. The van der Waals surface area contributed by atoms with E-state index in [1.165, 1.54) is 0 Å². The van der Waals surface area contributed by atoms with Crippen LogP contribution < -0.4 is 9.80 Å². The van der Waals surface area contributed by atoms with Crippen molar-refractivity contribution in [3.8, 4) is 0 Å².